The minimum atomic E-state index is -0.210. The van der Waals surface area contributed by atoms with Gasteiger partial charge in [0, 0.05) is 24.7 Å². The summed E-state index contributed by atoms with van der Waals surface area (Å²) in [7, 11) is 4.64. The van der Waals surface area contributed by atoms with Crippen LogP contribution in [0.2, 0.25) is 0 Å². The smallest absolute Gasteiger partial charge is 0.269 e. The number of hydrazine groups is 1. The van der Waals surface area contributed by atoms with Crippen molar-refractivity contribution in [2.45, 2.75) is 31.7 Å². The van der Waals surface area contributed by atoms with Gasteiger partial charge in [0.05, 0.1) is 26.9 Å². The predicted molar refractivity (Wildman–Crippen MR) is 108 cm³/mol. The van der Waals surface area contributed by atoms with E-state index >= 15 is 0 Å². The number of ether oxygens (including phenoxy) is 3. The van der Waals surface area contributed by atoms with Gasteiger partial charge in [0.1, 0.15) is 5.75 Å². The lowest BCUT2D eigenvalue weighted by Crippen LogP contribution is -2.51. The van der Waals surface area contributed by atoms with Crippen LogP contribution >= 0.6 is 0 Å². The maximum Gasteiger partial charge on any atom is 0.269 e. The minimum Gasteiger partial charge on any atom is -0.496 e. The third-order valence-corrected chi connectivity index (χ3v) is 5.14. The zero-order chi connectivity index (χ0) is 19.9. The molecule has 28 heavy (non-hydrogen) atoms. The van der Waals surface area contributed by atoms with Crippen molar-refractivity contribution in [3.05, 3.63) is 53.6 Å². The Bertz CT molecular complexity index is 795. The fourth-order valence-electron chi connectivity index (χ4n) is 3.64. The van der Waals surface area contributed by atoms with E-state index < -0.39 is 0 Å². The molecule has 1 N–H and O–H groups in total. The van der Waals surface area contributed by atoms with Gasteiger partial charge in [-0.1, -0.05) is 36.8 Å². The molecule has 1 fully saturated rings. The van der Waals surface area contributed by atoms with Crippen molar-refractivity contribution >= 4 is 5.91 Å². The lowest BCUT2D eigenvalue weighted by Gasteiger charge is -2.36. The molecule has 1 unspecified atom stereocenters. The average molecular weight is 384 g/mol. The standard InChI is InChI=1S/C22H28N2O4/c1-26-19-15-21(28-3)20(27-2)14-18(19)22(25)23-24-12-8-7-11-17(24)13-16-9-5-4-6-10-16/h4-6,9-10,14-15,17H,7-8,11-13H2,1-3H3,(H,23,25). The molecule has 2 aromatic carbocycles. The highest BCUT2D eigenvalue weighted by molar-refractivity contribution is 5.97. The van der Waals surface area contributed by atoms with Crippen LogP contribution in [0.3, 0.4) is 0 Å². The van der Waals surface area contributed by atoms with Crippen molar-refractivity contribution in [1.29, 1.82) is 0 Å². The summed E-state index contributed by atoms with van der Waals surface area (Å²) in [4.78, 5) is 13.0. The lowest BCUT2D eigenvalue weighted by molar-refractivity contribution is 0.0570. The Morgan fingerprint density at radius 1 is 1.00 bits per heavy atom. The van der Waals surface area contributed by atoms with Gasteiger partial charge in [-0.25, -0.2) is 5.01 Å². The van der Waals surface area contributed by atoms with E-state index in [1.54, 1.807) is 26.4 Å². The van der Waals surface area contributed by atoms with Crippen molar-refractivity contribution in [1.82, 2.24) is 10.4 Å². The molecule has 2 aromatic rings. The summed E-state index contributed by atoms with van der Waals surface area (Å²) >= 11 is 0. The summed E-state index contributed by atoms with van der Waals surface area (Å²) in [6.45, 7) is 0.832. The fraction of sp³-hybridized carbons (Fsp3) is 0.409. The lowest BCUT2D eigenvalue weighted by atomic mass is 9.97. The number of carbonyl (C=O) groups is 1. The Morgan fingerprint density at radius 3 is 2.36 bits per heavy atom. The number of benzene rings is 2. The van der Waals surface area contributed by atoms with Crippen LogP contribution < -0.4 is 19.6 Å². The molecule has 6 heteroatoms. The minimum absolute atomic E-state index is 0.210. The molecule has 0 aromatic heterocycles. The van der Waals surface area contributed by atoms with Crippen LogP contribution in [-0.2, 0) is 6.42 Å². The fourth-order valence-corrected chi connectivity index (χ4v) is 3.64. The summed E-state index contributed by atoms with van der Waals surface area (Å²) in [6, 6.07) is 14.0. The highest BCUT2D eigenvalue weighted by atomic mass is 16.5. The molecule has 150 valence electrons. The van der Waals surface area contributed by atoms with Crippen LogP contribution in [0.4, 0.5) is 0 Å². The number of nitrogens with zero attached hydrogens (tertiary/aromatic N) is 1. The van der Waals surface area contributed by atoms with Gasteiger partial charge in [0.15, 0.2) is 11.5 Å². The molecule has 0 spiro atoms. The number of hydrogen-bond donors (Lipinski definition) is 1. The van der Waals surface area contributed by atoms with Crippen LogP contribution in [-0.4, -0.2) is 44.8 Å². The van der Waals surface area contributed by atoms with E-state index in [0.29, 0.717) is 22.8 Å². The van der Waals surface area contributed by atoms with Crippen LogP contribution in [0.1, 0.15) is 35.2 Å². The van der Waals surface area contributed by atoms with Gasteiger partial charge in [0.25, 0.3) is 5.91 Å². The third-order valence-electron chi connectivity index (χ3n) is 5.14. The number of amides is 1. The quantitative estimate of drug-likeness (QED) is 0.792. The van der Waals surface area contributed by atoms with Gasteiger partial charge in [-0.2, -0.15) is 0 Å². The SMILES string of the molecule is COc1cc(OC)c(C(=O)NN2CCCCC2Cc2ccccc2)cc1OC. The van der Waals surface area contributed by atoms with Crippen LogP contribution in [0.5, 0.6) is 17.2 Å². The third kappa shape index (κ3) is 4.57. The molecule has 1 heterocycles. The molecule has 0 bridgehead atoms. The maximum absolute atomic E-state index is 13.0. The Hall–Kier alpha value is -2.73. The first-order chi connectivity index (χ1) is 13.7. The molecule has 0 radical (unpaired) electrons. The van der Waals surface area contributed by atoms with Gasteiger partial charge in [0.2, 0.25) is 0 Å². The first-order valence-corrected chi connectivity index (χ1v) is 9.57. The molecule has 6 nitrogen and oxygen atoms in total. The summed E-state index contributed by atoms with van der Waals surface area (Å²) in [6.07, 6.45) is 4.20. The van der Waals surface area contributed by atoms with E-state index in [0.717, 1.165) is 25.8 Å². The van der Waals surface area contributed by atoms with E-state index in [2.05, 4.69) is 34.7 Å². The highest BCUT2D eigenvalue weighted by Crippen LogP contribution is 2.34. The second-order valence-electron chi connectivity index (χ2n) is 6.88. The molecule has 1 aliphatic rings. The number of nitrogens with one attached hydrogen (secondary N) is 1. The molecule has 3 rings (SSSR count). The predicted octanol–water partition coefficient (Wildman–Crippen LogP) is 3.45. The molecule has 1 saturated heterocycles. The van der Waals surface area contributed by atoms with E-state index in [1.807, 2.05) is 6.07 Å². The van der Waals surface area contributed by atoms with E-state index in [1.165, 1.54) is 19.1 Å². The largest absolute Gasteiger partial charge is 0.496 e. The molecule has 0 aliphatic carbocycles. The maximum atomic E-state index is 13.0. The van der Waals surface area contributed by atoms with Crippen molar-refractivity contribution < 1.29 is 19.0 Å². The summed E-state index contributed by atoms with van der Waals surface area (Å²) in [5.74, 6) is 1.26. The number of carbonyl (C=O) groups excluding carboxylic acids is 1. The van der Waals surface area contributed by atoms with E-state index in [9.17, 15) is 4.79 Å². The number of piperidine rings is 1. The molecular weight excluding hydrogens is 356 g/mol. The first-order valence-electron chi connectivity index (χ1n) is 9.57. The molecule has 0 saturated carbocycles. The normalized spacial score (nSPS) is 17.0. The van der Waals surface area contributed by atoms with Crippen LogP contribution in [0.15, 0.2) is 42.5 Å². The van der Waals surface area contributed by atoms with E-state index in [4.69, 9.17) is 14.2 Å². The van der Waals surface area contributed by atoms with Gasteiger partial charge >= 0.3 is 0 Å². The Morgan fingerprint density at radius 2 is 1.68 bits per heavy atom. The summed E-state index contributed by atoms with van der Waals surface area (Å²) < 4.78 is 16.0. The van der Waals surface area contributed by atoms with Crippen LogP contribution in [0.25, 0.3) is 0 Å². The number of hydrogen-bond acceptors (Lipinski definition) is 5. The Balaban J connectivity index is 1.78. The van der Waals surface area contributed by atoms with Crippen molar-refractivity contribution in [2.75, 3.05) is 27.9 Å². The Kier molecular flexibility index (Phi) is 6.76. The zero-order valence-electron chi connectivity index (χ0n) is 16.7. The second kappa shape index (κ2) is 9.46. The monoisotopic (exact) mass is 384 g/mol. The topological polar surface area (TPSA) is 60.0 Å². The number of rotatable bonds is 7. The second-order valence-corrected chi connectivity index (χ2v) is 6.88. The van der Waals surface area contributed by atoms with Gasteiger partial charge in [-0.15, -0.1) is 0 Å². The van der Waals surface area contributed by atoms with Crippen molar-refractivity contribution in [2.24, 2.45) is 0 Å². The first kappa shape index (κ1) is 20.0. The van der Waals surface area contributed by atoms with Gasteiger partial charge in [-0.3, -0.25) is 10.2 Å². The molecular formula is C22H28N2O4. The van der Waals surface area contributed by atoms with Gasteiger partial charge in [-0.05, 0) is 24.8 Å². The highest BCUT2D eigenvalue weighted by Gasteiger charge is 2.26. The Labute approximate surface area is 166 Å². The molecule has 1 aliphatic heterocycles. The van der Waals surface area contributed by atoms with E-state index in [-0.39, 0.29) is 11.9 Å². The molecule has 1 atom stereocenters. The molecule has 1 amide bonds. The van der Waals surface area contributed by atoms with Crippen molar-refractivity contribution in [3.8, 4) is 17.2 Å². The van der Waals surface area contributed by atoms with Crippen molar-refractivity contribution in [3.63, 3.8) is 0 Å². The summed E-state index contributed by atoms with van der Waals surface area (Å²) in [5.41, 5.74) is 4.78. The van der Waals surface area contributed by atoms with Crippen LogP contribution in [0, 0.1) is 0 Å². The van der Waals surface area contributed by atoms with Gasteiger partial charge < -0.3 is 14.2 Å². The zero-order valence-corrected chi connectivity index (χ0v) is 16.7. The number of methoxy groups -OCH3 is 3. The average Bonchev–Trinajstić information content (AvgIpc) is 2.74. The summed E-state index contributed by atoms with van der Waals surface area (Å²) in [5, 5.41) is 2.06.